The first-order valence-electron chi connectivity index (χ1n) is 11.4. The lowest BCUT2D eigenvalue weighted by Gasteiger charge is -2.16. The summed E-state index contributed by atoms with van der Waals surface area (Å²) in [4.78, 5) is 31.4. The molecule has 2 aromatic carbocycles. The van der Waals surface area contributed by atoms with Crippen molar-refractivity contribution < 1.29 is 4.79 Å². The van der Waals surface area contributed by atoms with E-state index in [4.69, 9.17) is 0 Å². The molecule has 2 aromatic heterocycles. The first-order valence-corrected chi connectivity index (χ1v) is 12.2. The second-order valence-corrected chi connectivity index (χ2v) is 9.88. The lowest BCUT2D eigenvalue weighted by Crippen LogP contribution is -2.28. The average Bonchev–Trinajstić information content (AvgIpc) is 3.23. The van der Waals surface area contributed by atoms with Crippen molar-refractivity contribution in [2.45, 2.75) is 53.0 Å². The fourth-order valence-corrected chi connectivity index (χ4v) is 5.81. The van der Waals surface area contributed by atoms with Crippen molar-refractivity contribution in [1.82, 2.24) is 9.55 Å². The zero-order valence-electron chi connectivity index (χ0n) is 19.2. The Balaban J connectivity index is 1.47. The lowest BCUT2D eigenvalue weighted by atomic mass is 9.89. The molecule has 1 amide bonds. The maximum Gasteiger partial charge on any atom is 0.263 e. The number of aryl methyl sites for hydroxylation is 5. The van der Waals surface area contributed by atoms with Crippen LogP contribution in [0.5, 0.6) is 0 Å². The highest BCUT2D eigenvalue weighted by molar-refractivity contribution is 7.17. The fourth-order valence-electron chi connectivity index (χ4n) is 4.90. The highest BCUT2D eigenvalue weighted by Gasteiger charge is 2.17. The standard InChI is InChI=1S/C27H27N3O2S/c1-16-10-17(2)25(18(3)11-16)29-23(31)13-30-15-28-26-24(27(30)32)22(14-33-26)21-9-8-19-6-4-5-7-20(19)12-21/h8-12,14-15H,4-7,13H2,1-3H3,(H,29,31). The molecular formula is C27H27N3O2S. The van der Waals surface area contributed by atoms with Crippen LogP contribution < -0.4 is 10.9 Å². The van der Waals surface area contributed by atoms with Gasteiger partial charge in [-0.25, -0.2) is 4.98 Å². The summed E-state index contributed by atoms with van der Waals surface area (Å²) in [5, 5.41) is 5.58. The first-order chi connectivity index (χ1) is 15.9. The minimum absolute atomic E-state index is 0.0754. The summed E-state index contributed by atoms with van der Waals surface area (Å²) in [6.45, 7) is 5.91. The highest BCUT2D eigenvalue weighted by atomic mass is 32.1. The predicted molar refractivity (Wildman–Crippen MR) is 135 cm³/mol. The van der Waals surface area contributed by atoms with E-state index >= 15 is 0 Å². The molecule has 4 aromatic rings. The van der Waals surface area contributed by atoms with E-state index in [-0.39, 0.29) is 18.0 Å². The third kappa shape index (κ3) is 4.11. The molecule has 0 saturated carbocycles. The van der Waals surface area contributed by atoms with Crippen LogP contribution in [0.1, 0.15) is 40.7 Å². The monoisotopic (exact) mass is 457 g/mol. The number of nitrogens with one attached hydrogen (secondary N) is 1. The molecule has 2 heterocycles. The molecule has 0 atom stereocenters. The van der Waals surface area contributed by atoms with Gasteiger partial charge in [0.1, 0.15) is 11.4 Å². The molecule has 1 aliphatic rings. The van der Waals surface area contributed by atoms with Gasteiger partial charge >= 0.3 is 0 Å². The topological polar surface area (TPSA) is 64.0 Å². The third-order valence-electron chi connectivity index (χ3n) is 6.48. The van der Waals surface area contributed by atoms with Crippen molar-refractivity contribution in [3.05, 3.63) is 80.2 Å². The summed E-state index contributed by atoms with van der Waals surface area (Å²) >= 11 is 1.47. The van der Waals surface area contributed by atoms with Crippen molar-refractivity contribution in [2.24, 2.45) is 0 Å². The Labute approximate surface area is 197 Å². The molecule has 0 aliphatic heterocycles. The van der Waals surface area contributed by atoms with E-state index < -0.39 is 0 Å². The summed E-state index contributed by atoms with van der Waals surface area (Å²) < 4.78 is 1.41. The highest BCUT2D eigenvalue weighted by Crippen LogP contribution is 2.33. The number of carbonyl (C=O) groups excluding carboxylic acids is 1. The van der Waals surface area contributed by atoms with E-state index in [0.717, 1.165) is 46.3 Å². The molecule has 0 spiro atoms. The molecule has 0 fully saturated rings. The maximum absolute atomic E-state index is 13.4. The molecule has 33 heavy (non-hydrogen) atoms. The van der Waals surface area contributed by atoms with E-state index in [2.05, 4.69) is 28.5 Å². The van der Waals surface area contributed by atoms with Gasteiger partial charge in [-0.1, -0.05) is 35.9 Å². The van der Waals surface area contributed by atoms with Crippen LogP contribution in [0.3, 0.4) is 0 Å². The second-order valence-electron chi connectivity index (χ2n) is 9.02. The van der Waals surface area contributed by atoms with Crippen LogP contribution in [-0.2, 0) is 24.2 Å². The molecule has 168 valence electrons. The Bertz CT molecular complexity index is 1420. The first kappa shape index (κ1) is 21.6. The van der Waals surface area contributed by atoms with Crippen LogP contribution in [-0.4, -0.2) is 15.5 Å². The number of hydrogen-bond donors (Lipinski definition) is 1. The van der Waals surface area contributed by atoms with Crippen LogP contribution in [0.4, 0.5) is 5.69 Å². The molecule has 1 N–H and O–H groups in total. The summed E-state index contributed by atoms with van der Waals surface area (Å²) in [6, 6.07) is 10.6. The maximum atomic E-state index is 13.4. The van der Waals surface area contributed by atoms with Gasteiger partial charge in [0.15, 0.2) is 0 Å². The van der Waals surface area contributed by atoms with Crippen molar-refractivity contribution in [1.29, 1.82) is 0 Å². The van der Waals surface area contributed by atoms with Crippen molar-refractivity contribution in [2.75, 3.05) is 5.32 Å². The van der Waals surface area contributed by atoms with Gasteiger partial charge in [0.25, 0.3) is 5.56 Å². The number of thiophene rings is 1. The molecule has 0 radical (unpaired) electrons. The minimum Gasteiger partial charge on any atom is -0.324 e. The van der Waals surface area contributed by atoms with Crippen LogP contribution in [0.15, 0.2) is 46.8 Å². The van der Waals surface area contributed by atoms with Gasteiger partial charge in [-0.05, 0) is 74.3 Å². The predicted octanol–water partition coefficient (Wildman–Crippen LogP) is 5.57. The Kier molecular flexibility index (Phi) is 5.62. The molecule has 0 bridgehead atoms. The van der Waals surface area contributed by atoms with Gasteiger partial charge in [0, 0.05) is 16.6 Å². The molecule has 0 saturated heterocycles. The van der Waals surface area contributed by atoms with Crippen LogP contribution >= 0.6 is 11.3 Å². The van der Waals surface area contributed by atoms with Gasteiger partial charge in [-0.15, -0.1) is 11.3 Å². The van der Waals surface area contributed by atoms with E-state index in [0.29, 0.717) is 10.2 Å². The largest absolute Gasteiger partial charge is 0.324 e. The Morgan fingerprint density at radius 2 is 1.79 bits per heavy atom. The zero-order chi connectivity index (χ0) is 23.1. The second kappa shape index (κ2) is 8.60. The van der Waals surface area contributed by atoms with E-state index in [1.165, 1.54) is 46.2 Å². The van der Waals surface area contributed by atoms with E-state index in [9.17, 15) is 9.59 Å². The smallest absolute Gasteiger partial charge is 0.263 e. The number of anilines is 1. The number of hydrogen-bond acceptors (Lipinski definition) is 4. The third-order valence-corrected chi connectivity index (χ3v) is 7.36. The van der Waals surface area contributed by atoms with Gasteiger partial charge in [-0.3, -0.25) is 14.2 Å². The summed E-state index contributed by atoms with van der Waals surface area (Å²) in [5.74, 6) is -0.237. The Morgan fingerprint density at radius 3 is 2.55 bits per heavy atom. The number of nitrogens with zero attached hydrogens (tertiary/aromatic N) is 2. The Morgan fingerprint density at radius 1 is 1.06 bits per heavy atom. The van der Waals surface area contributed by atoms with Crippen LogP contribution in [0.2, 0.25) is 0 Å². The van der Waals surface area contributed by atoms with Crippen molar-refractivity contribution >= 4 is 33.1 Å². The number of aromatic nitrogens is 2. The Hall–Kier alpha value is -3.25. The zero-order valence-corrected chi connectivity index (χ0v) is 20.0. The van der Waals surface area contributed by atoms with Gasteiger partial charge in [-0.2, -0.15) is 0 Å². The van der Waals surface area contributed by atoms with Crippen LogP contribution in [0.25, 0.3) is 21.3 Å². The van der Waals surface area contributed by atoms with Crippen molar-refractivity contribution in [3.8, 4) is 11.1 Å². The number of fused-ring (bicyclic) bond motifs is 2. The fraction of sp³-hybridized carbons (Fsp3) is 0.296. The van der Waals surface area contributed by atoms with E-state index in [1.807, 2.05) is 38.3 Å². The molecule has 5 rings (SSSR count). The average molecular weight is 458 g/mol. The molecule has 5 nitrogen and oxygen atoms in total. The summed E-state index contributed by atoms with van der Waals surface area (Å²) in [5.41, 5.74) is 8.54. The SMILES string of the molecule is Cc1cc(C)c(NC(=O)Cn2cnc3scc(-c4ccc5c(c4)CCCC5)c3c2=O)c(C)c1. The minimum atomic E-state index is -0.237. The van der Waals surface area contributed by atoms with E-state index in [1.54, 1.807) is 0 Å². The normalized spacial score (nSPS) is 13.2. The summed E-state index contributed by atoms with van der Waals surface area (Å²) in [7, 11) is 0. The number of amides is 1. The van der Waals surface area contributed by atoms with Gasteiger partial charge in [0.2, 0.25) is 5.91 Å². The molecule has 6 heteroatoms. The summed E-state index contributed by atoms with van der Waals surface area (Å²) in [6.07, 6.45) is 6.15. The number of benzene rings is 2. The van der Waals surface area contributed by atoms with Crippen LogP contribution in [0, 0.1) is 20.8 Å². The quantitative estimate of drug-likeness (QED) is 0.436. The molecule has 0 unspecified atom stereocenters. The number of rotatable bonds is 4. The van der Waals surface area contributed by atoms with Gasteiger partial charge in [0.05, 0.1) is 11.7 Å². The molecule has 1 aliphatic carbocycles. The van der Waals surface area contributed by atoms with Crippen molar-refractivity contribution in [3.63, 3.8) is 0 Å². The lowest BCUT2D eigenvalue weighted by molar-refractivity contribution is -0.116. The van der Waals surface area contributed by atoms with Gasteiger partial charge < -0.3 is 5.32 Å². The number of carbonyl (C=O) groups is 1. The molecular weight excluding hydrogens is 430 g/mol.